The van der Waals surface area contributed by atoms with Gasteiger partial charge in [-0.2, -0.15) is 0 Å². The molecule has 0 spiro atoms. The summed E-state index contributed by atoms with van der Waals surface area (Å²) in [5.74, 6) is 0. The van der Waals surface area contributed by atoms with E-state index >= 15 is 0 Å². The van der Waals surface area contributed by atoms with Gasteiger partial charge in [0, 0.05) is 11.8 Å². The van der Waals surface area contributed by atoms with Gasteiger partial charge in [0.05, 0.1) is 10.2 Å². The van der Waals surface area contributed by atoms with E-state index in [-0.39, 0.29) is 5.56 Å². The van der Waals surface area contributed by atoms with Crippen molar-refractivity contribution in [2.45, 2.75) is 12.8 Å². The van der Waals surface area contributed by atoms with E-state index in [0.29, 0.717) is 0 Å². The molecule has 98 valence electrons. The van der Waals surface area contributed by atoms with Crippen LogP contribution in [0.25, 0.3) is 21.2 Å². The average Bonchev–Trinajstić information content (AvgIpc) is 2.97. The number of fused-ring (bicyclic) bond motifs is 3. The van der Waals surface area contributed by atoms with Crippen LogP contribution in [0.4, 0.5) is 0 Å². The number of aromatic nitrogens is 1. The molecule has 3 aromatic heterocycles. The topological polar surface area (TPSA) is 21.5 Å². The molecule has 0 aromatic carbocycles. The lowest BCUT2D eigenvalue weighted by atomic mass is 10.0. The first kappa shape index (κ1) is 11.7. The minimum atomic E-state index is 0.0654. The van der Waals surface area contributed by atoms with Gasteiger partial charge in [-0.25, -0.2) is 0 Å². The van der Waals surface area contributed by atoms with E-state index in [4.69, 9.17) is 0 Å². The lowest BCUT2D eigenvalue weighted by Gasteiger charge is -2.09. The van der Waals surface area contributed by atoms with Gasteiger partial charge in [0.15, 0.2) is 0 Å². The van der Waals surface area contributed by atoms with E-state index in [1.165, 1.54) is 10.1 Å². The lowest BCUT2D eigenvalue weighted by Crippen LogP contribution is -2.17. The van der Waals surface area contributed by atoms with Crippen LogP contribution in [0, 0.1) is 0 Å². The van der Waals surface area contributed by atoms with E-state index in [9.17, 15) is 4.79 Å². The molecular formula is C17H13NOS. The number of thiophene rings is 1. The van der Waals surface area contributed by atoms with Crippen LogP contribution in [0.1, 0.15) is 18.4 Å². The summed E-state index contributed by atoms with van der Waals surface area (Å²) in [6.07, 6.45) is 10.3. The third-order valence-corrected chi connectivity index (χ3v) is 4.71. The van der Waals surface area contributed by atoms with Gasteiger partial charge in [0.1, 0.15) is 0 Å². The Hall–Kier alpha value is -2.13. The highest BCUT2D eigenvalue weighted by Crippen LogP contribution is 2.26. The largest absolute Gasteiger partial charge is 0.282 e. The normalized spacial score (nSPS) is 14.9. The average molecular weight is 279 g/mol. The van der Waals surface area contributed by atoms with Gasteiger partial charge in [0.2, 0.25) is 0 Å². The van der Waals surface area contributed by atoms with Crippen molar-refractivity contribution in [1.82, 2.24) is 4.40 Å². The molecule has 3 heteroatoms. The molecule has 0 amide bonds. The molecule has 4 rings (SSSR count). The molecule has 0 N–H and O–H groups in total. The predicted octanol–water partition coefficient (Wildman–Crippen LogP) is 4.25. The fourth-order valence-electron chi connectivity index (χ4n) is 2.73. The zero-order chi connectivity index (χ0) is 13.5. The van der Waals surface area contributed by atoms with Gasteiger partial charge < -0.3 is 0 Å². The van der Waals surface area contributed by atoms with Gasteiger partial charge >= 0.3 is 0 Å². The second-order valence-corrected chi connectivity index (χ2v) is 5.88. The lowest BCUT2D eigenvalue weighted by molar-refractivity contribution is 1.03. The fourth-order valence-corrected chi connectivity index (χ4v) is 3.64. The second kappa shape index (κ2) is 4.46. The fraction of sp³-hybridized carbons (Fsp3) is 0.118. The first-order chi connectivity index (χ1) is 9.84. The van der Waals surface area contributed by atoms with E-state index in [1.807, 2.05) is 18.3 Å². The minimum absolute atomic E-state index is 0.0654. The molecule has 0 fully saturated rings. The van der Waals surface area contributed by atoms with Crippen molar-refractivity contribution in [2.75, 3.05) is 0 Å². The zero-order valence-electron chi connectivity index (χ0n) is 10.9. The number of hydrogen-bond donors (Lipinski definition) is 0. The van der Waals surface area contributed by atoms with Crippen molar-refractivity contribution in [2.24, 2.45) is 0 Å². The minimum Gasteiger partial charge on any atom is -0.282 e. The Labute approximate surface area is 120 Å². The maximum atomic E-state index is 12.7. The molecule has 0 unspecified atom stereocenters. The first-order valence-corrected chi connectivity index (χ1v) is 7.61. The molecule has 3 aromatic rings. The smallest absolute Gasteiger partial charge is 0.262 e. The van der Waals surface area contributed by atoms with E-state index in [2.05, 4.69) is 35.7 Å². The van der Waals surface area contributed by atoms with Gasteiger partial charge in [-0.1, -0.05) is 18.2 Å². The number of pyridine rings is 2. The Balaban J connectivity index is 2.04. The first-order valence-electron chi connectivity index (χ1n) is 6.73. The summed E-state index contributed by atoms with van der Waals surface area (Å²) in [4.78, 5) is 12.7. The van der Waals surface area contributed by atoms with E-state index in [1.54, 1.807) is 15.7 Å². The molecule has 0 saturated heterocycles. The maximum absolute atomic E-state index is 12.7. The predicted molar refractivity (Wildman–Crippen MR) is 85.4 cm³/mol. The summed E-state index contributed by atoms with van der Waals surface area (Å²) in [5.41, 5.74) is 2.89. The van der Waals surface area contributed by atoms with Gasteiger partial charge in [-0.15, -0.1) is 11.3 Å². The van der Waals surface area contributed by atoms with Crippen molar-refractivity contribution in [1.29, 1.82) is 0 Å². The highest BCUT2D eigenvalue weighted by molar-refractivity contribution is 7.18. The van der Waals surface area contributed by atoms with Gasteiger partial charge in [-0.3, -0.25) is 9.20 Å². The standard InChI is InChI=1S/C17H13NOS/c19-17-14(12-4-2-1-3-5-12)6-7-15-16-13(9-11-20-16)8-10-18(15)17/h2,4-11H,1,3H2. The third-order valence-electron chi connectivity index (χ3n) is 3.75. The molecule has 0 radical (unpaired) electrons. The summed E-state index contributed by atoms with van der Waals surface area (Å²) in [6.45, 7) is 0. The second-order valence-electron chi connectivity index (χ2n) is 4.97. The van der Waals surface area contributed by atoms with Crippen molar-refractivity contribution in [3.8, 4) is 0 Å². The quantitative estimate of drug-likeness (QED) is 0.652. The summed E-state index contributed by atoms with van der Waals surface area (Å²) in [5, 5.41) is 3.26. The highest BCUT2D eigenvalue weighted by Gasteiger charge is 2.10. The molecule has 0 saturated carbocycles. The number of allylic oxidation sites excluding steroid dienone is 4. The molecule has 1 aliphatic carbocycles. The van der Waals surface area contributed by atoms with Crippen LogP contribution in [0.3, 0.4) is 0 Å². The number of nitrogens with zero attached hydrogens (tertiary/aromatic N) is 1. The van der Waals surface area contributed by atoms with Crippen molar-refractivity contribution in [3.05, 3.63) is 70.0 Å². The Bertz CT molecular complexity index is 927. The summed E-state index contributed by atoms with van der Waals surface area (Å²) < 4.78 is 2.93. The summed E-state index contributed by atoms with van der Waals surface area (Å²) >= 11 is 1.68. The van der Waals surface area contributed by atoms with Gasteiger partial charge in [-0.05, 0) is 53.4 Å². The van der Waals surface area contributed by atoms with Crippen LogP contribution in [0.2, 0.25) is 0 Å². The maximum Gasteiger partial charge on any atom is 0.262 e. The van der Waals surface area contributed by atoms with Crippen molar-refractivity contribution < 1.29 is 0 Å². The monoisotopic (exact) mass is 279 g/mol. The molecule has 3 heterocycles. The van der Waals surface area contributed by atoms with Crippen LogP contribution in [-0.4, -0.2) is 4.40 Å². The number of hydrogen-bond acceptors (Lipinski definition) is 2. The Morgan fingerprint density at radius 1 is 1.10 bits per heavy atom. The van der Waals surface area contributed by atoms with Crippen LogP contribution in [0.15, 0.2) is 58.9 Å². The Kier molecular flexibility index (Phi) is 2.60. The van der Waals surface area contributed by atoms with E-state index < -0.39 is 0 Å². The molecule has 0 atom stereocenters. The highest BCUT2D eigenvalue weighted by atomic mass is 32.1. The molecule has 0 aliphatic heterocycles. The molecule has 0 bridgehead atoms. The van der Waals surface area contributed by atoms with Crippen LogP contribution in [-0.2, 0) is 0 Å². The summed E-state index contributed by atoms with van der Waals surface area (Å²) in [6, 6.07) is 8.11. The number of rotatable bonds is 1. The van der Waals surface area contributed by atoms with Crippen molar-refractivity contribution >= 4 is 32.5 Å². The molecule has 1 aliphatic rings. The van der Waals surface area contributed by atoms with Crippen LogP contribution in [0.5, 0.6) is 0 Å². The summed E-state index contributed by atoms with van der Waals surface area (Å²) in [7, 11) is 0. The SMILES string of the molecule is O=c1c(C2=CCCC=C2)ccc2c3sccc3ccn12. The van der Waals surface area contributed by atoms with Crippen LogP contribution >= 0.6 is 11.3 Å². The zero-order valence-corrected chi connectivity index (χ0v) is 11.7. The molecule has 2 nitrogen and oxygen atoms in total. The Morgan fingerprint density at radius 2 is 2.05 bits per heavy atom. The van der Waals surface area contributed by atoms with Gasteiger partial charge in [0.25, 0.3) is 5.56 Å². The van der Waals surface area contributed by atoms with Crippen LogP contribution < -0.4 is 5.56 Å². The molecule has 20 heavy (non-hydrogen) atoms. The third kappa shape index (κ3) is 1.67. The van der Waals surface area contributed by atoms with Crippen molar-refractivity contribution in [3.63, 3.8) is 0 Å². The molecular weight excluding hydrogens is 266 g/mol. The Morgan fingerprint density at radius 3 is 2.90 bits per heavy atom. The van der Waals surface area contributed by atoms with E-state index in [0.717, 1.165) is 29.5 Å².